The second-order valence-corrected chi connectivity index (χ2v) is 8.69. The molecule has 0 spiro atoms. The molecule has 1 aromatic heterocycles. The van der Waals surface area contributed by atoms with Gasteiger partial charge < -0.3 is 9.88 Å². The Kier molecular flexibility index (Phi) is 4.73. The van der Waals surface area contributed by atoms with Gasteiger partial charge >= 0.3 is 0 Å². The average molecular weight is 417 g/mol. The summed E-state index contributed by atoms with van der Waals surface area (Å²) in [5.74, 6) is 0.233. The third kappa shape index (κ3) is 3.67. The van der Waals surface area contributed by atoms with Crippen LogP contribution in [0, 0.1) is 18.2 Å². The van der Waals surface area contributed by atoms with Crippen molar-refractivity contribution < 1.29 is 14.0 Å². The molecule has 31 heavy (non-hydrogen) atoms. The third-order valence-corrected chi connectivity index (χ3v) is 6.42. The molecular weight excluding hydrogens is 393 g/mol. The van der Waals surface area contributed by atoms with E-state index in [0.29, 0.717) is 18.4 Å². The molecule has 2 aliphatic rings. The topological polar surface area (TPSA) is 64.0 Å². The number of fused-ring (bicyclic) bond motifs is 3. The van der Waals surface area contributed by atoms with Gasteiger partial charge in [-0.05, 0) is 68.5 Å². The molecule has 5 rings (SSSR count). The minimum absolute atomic E-state index is 0.0916. The van der Waals surface area contributed by atoms with Gasteiger partial charge in [-0.25, -0.2) is 9.37 Å². The van der Waals surface area contributed by atoms with Crippen molar-refractivity contribution in [1.29, 1.82) is 0 Å². The van der Waals surface area contributed by atoms with E-state index in [1.54, 1.807) is 0 Å². The molecule has 0 bridgehead atoms. The number of carbonyl (C=O) groups excluding carboxylic acids is 2. The number of ketones is 1. The summed E-state index contributed by atoms with van der Waals surface area (Å²) in [4.78, 5) is 30.7. The van der Waals surface area contributed by atoms with Gasteiger partial charge in [-0.2, -0.15) is 0 Å². The maximum Gasteiger partial charge on any atom is 0.227 e. The van der Waals surface area contributed by atoms with Crippen LogP contribution in [-0.4, -0.2) is 21.2 Å². The third-order valence-electron chi connectivity index (χ3n) is 6.42. The summed E-state index contributed by atoms with van der Waals surface area (Å²) in [7, 11) is 0. The van der Waals surface area contributed by atoms with Crippen LogP contribution >= 0.6 is 0 Å². The normalized spacial score (nSPS) is 18.5. The zero-order valence-electron chi connectivity index (χ0n) is 17.4. The zero-order chi connectivity index (χ0) is 21.6. The first kappa shape index (κ1) is 19.7. The molecule has 1 N–H and O–H groups in total. The zero-order valence-corrected chi connectivity index (χ0v) is 17.4. The SMILES string of the molecule is Cc1cn2c(n1)C(NC(=O)C1(CC(=O)c3ccc(F)cc3)CC1)CCc1ccccc1-2. The van der Waals surface area contributed by atoms with Gasteiger partial charge in [-0.3, -0.25) is 9.59 Å². The molecule has 0 saturated heterocycles. The van der Waals surface area contributed by atoms with Crippen molar-refractivity contribution in [2.75, 3.05) is 0 Å². The van der Waals surface area contributed by atoms with Crippen LogP contribution in [0.5, 0.6) is 0 Å². The Morgan fingerprint density at radius 1 is 1.16 bits per heavy atom. The highest BCUT2D eigenvalue weighted by Gasteiger charge is 2.51. The number of halogens is 1. The fourth-order valence-corrected chi connectivity index (χ4v) is 4.47. The molecular formula is C25H24FN3O2. The lowest BCUT2D eigenvalue weighted by Crippen LogP contribution is -2.37. The highest BCUT2D eigenvalue weighted by Crippen LogP contribution is 2.50. The fraction of sp³-hybridized carbons (Fsp3) is 0.320. The highest BCUT2D eigenvalue weighted by atomic mass is 19.1. The van der Waals surface area contributed by atoms with E-state index in [1.807, 2.05) is 25.3 Å². The van der Waals surface area contributed by atoms with E-state index in [9.17, 15) is 14.0 Å². The van der Waals surface area contributed by atoms with Crippen LogP contribution in [0.1, 0.15) is 59.2 Å². The number of aromatic nitrogens is 2. The van der Waals surface area contributed by atoms with Crippen LogP contribution in [0.25, 0.3) is 5.69 Å². The molecule has 1 amide bonds. The van der Waals surface area contributed by atoms with Crippen LogP contribution in [0.2, 0.25) is 0 Å². The quantitative estimate of drug-likeness (QED) is 0.623. The molecule has 0 radical (unpaired) electrons. The van der Waals surface area contributed by atoms with Gasteiger partial charge in [0.25, 0.3) is 0 Å². The molecule has 158 valence electrons. The highest BCUT2D eigenvalue weighted by molar-refractivity contribution is 6.00. The lowest BCUT2D eigenvalue weighted by molar-refractivity contribution is -0.127. The van der Waals surface area contributed by atoms with Gasteiger partial charge in [0.15, 0.2) is 5.78 Å². The second kappa shape index (κ2) is 7.45. The fourth-order valence-electron chi connectivity index (χ4n) is 4.47. The second-order valence-electron chi connectivity index (χ2n) is 8.69. The maximum atomic E-state index is 13.3. The Hall–Kier alpha value is -3.28. The predicted molar refractivity (Wildman–Crippen MR) is 115 cm³/mol. The van der Waals surface area contributed by atoms with Crippen molar-refractivity contribution in [1.82, 2.24) is 14.9 Å². The number of nitrogens with zero attached hydrogens (tertiary/aromatic N) is 2. The predicted octanol–water partition coefficient (Wildman–Crippen LogP) is 4.48. The van der Waals surface area contributed by atoms with E-state index in [2.05, 4.69) is 22.0 Å². The van der Waals surface area contributed by atoms with E-state index < -0.39 is 5.41 Å². The largest absolute Gasteiger partial charge is 0.346 e. The van der Waals surface area contributed by atoms with E-state index in [4.69, 9.17) is 4.98 Å². The number of hydrogen-bond donors (Lipinski definition) is 1. The Morgan fingerprint density at radius 3 is 2.65 bits per heavy atom. The van der Waals surface area contributed by atoms with E-state index in [-0.39, 0.29) is 30.0 Å². The van der Waals surface area contributed by atoms with Crippen molar-refractivity contribution in [3.63, 3.8) is 0 Å². The Morgan fingerprint density at radius 2 is 1.90 bits per heavy atom. The van der Waals surface area contributed by atoms with Crippen LogP contribution in [0.15, 0.2) is 54.7 Å². The van der Waals surface area contributed by atoms with E-state index >= 15 is 0 Å². The Bertz CT molecular complexity index is 1160. The lowest BCUT2D eigenvalue weighted by Gasteiger charge is -2.21. The molecule has 2 heterocycles. The summed E-state index contributed by atoms with van der Waals surface area (Å²) in [6.45, 7) is 1.95. The van der Waals surface area contributed by atoms with E-state index in [0.717, 1.165) is 30.0 Å². The molecule has 1 atom stereocenters. The van der Waals surface area contributed by atoms with Gasteiger partial charge in [-0.15, -0.1) is 0 Å². The number of amides is 1. The van der Waals surface area contributed by atoms with Gasteiger partial charge in [0.1, 0.15) is 11.6 Å². The van der Waals surface area contributed by atoms with Crippen molar-refractivity contribution in [3.05, 3.63) is 83.2 Å². The van der Waals surface area contributed by atoms with Crippen LogP contribution in [-0.2, 0) is 11.2 Å². The average Bonchev–Trinajstić information content (AvgIpc) is 3.47. The first-order valence-corrected chi connectivity index (χ1v) is 10.7. The summed E-state index contributed by atoms with van der Waals surface area (Å²) < 4.78 is 15.2. The number of Topliss-reactive ketones (excluding diaryl/α,β-unsaturated/α-hetero) is 1. The minimum atomic E-state index is -0.670. The molecule has 1 unspecified atom stereocenters. The Balaban J connectivity index is 1.36. The summed E-state index contributed by atoms with van der Waals surface area (Å²) in [6, 6.07) is 13.5. The molecule has 2 aromatic carbocycles. The van der Waals surface area contributed by atoms with E-state index in [1.165, 1.54) is 29.8 Å². The molecule has 3 aromatic rings. The Labute approximate surface area is 180 Å². The molecule has 5 nitrogen and oxygen atoms in total. The summed E-state index contributed by atoms with van der Waals surface area (Å²) >= 11 is 0. The smallest absolute Gasteiger partial charge is 0.227 e. The molecule has 1 fully saturated rings. The van der Waals surface area contributed by atoms with Crippen molar-refractivity contribution in [2.45, 2.75) is 45.1 Å². The van der Waals surface area contributed by atoms with Gasteiger partial charge in [0.2, 0.25) is 5.91 Å². The molecule has 6 heteroatoms. The minimum Gasteiger partial charge on any atom is -0.346 e. The molecule has 1 saturated carbocycles. The van der Waals surface area contributed by atoms with Gasteiger partial charge in [0, 0.05) is 23.9 Å². The molecule has 1 aliphatic heterocycles. The van der Waals surface area contributed by atoms with Gasteiger partial charge in [0.05, 0.1) is 17.2 Å². The van der Waals surface area contributed by atoms with Gasteiger partial charge in [-0.1, -0.05) is 18.2 Å². The standard InChI is InChI=1S/C25H24FN3O2/c1-16-15-29-21-5-3-2-4-17(21)8-11-20(23(29)27-16)28-24(31)25(12-13-25)14-22(30)18-6-9-19(26)10-7-18/h2-7,9-10,15,20H,8,11-14H2,1H3,(H,28,31). The summed E-state index contributed by atoms with van der Waals surface area (Å²) in [5.41, 5.74) is 3.00. The number of para-hydroxylation sites is 1. The summed E-state index contributed by atoms with van der Waals surface area (Å²) in [5, 5.41) is 3.20. The number of nitrogens with one attached hydrogen (secondary N) is 1. The lowest BCUT2D eigenvalue weighted by atomic mass is 9.94. The number of hydrogen-bond acceptors (Lipinski definition) is 3. The number of imidazole rings is 1. The van der Waals surface area contributed by atoms with Crippen LogP contribution in [0.3, 0.4) is 0 Å². The van der Waals surface area contributed by atoms with Crippen LogP contribution in [0.4, 0.5) is 4.39 Å². The number of aryl methyl sites for hydroxylation is 2. The maximum absolute atomic E-state index is 13.3. The number of benzene rings is 2. The van der Waals surface area contributed by atoms with Crippen molar-refractivity contribution in [3.8, 4) is 5.69 Å². The first-order chi connectivity index (χ1) is 14.9. The van der Waals surface area contributed by atoms with Crippen LogP contribution < -0.4 is 5.32 Å². The monoisotopic (exact) mass is 417 g/mol. The van der Waals surface area contributed by atoms with Crippen molar-refractivity contribution in [2.24, 2.45) is 5.41 Å². The number of carbonyl (C=O) groups is 2. The number of rotatable bonds is 5. The van der Waals surface area contributed by atoms with Crippen molar-refractivity contribution >= 4 is 11.7 Å². The first-order valence-electron chi connectivity index (χ1n) is 10.7. The molecule has 1 aliphatic carbocycles. The summed E-state index contributed by atoms with van der Waals surface area (Å²) in [6.07, 6.45) is 5.11.